The van der Waals surface area contributed by atoms with Crippen LogP contribution in [0.3, 0.4) is 0 Å². The first-order valence-electron chi connectivity index (χ1n) is 13.7. The first-order valence-corrected chi connectivity index (χ1v) is 13.7. The van der Waals surface area contributed by atoms with Gasteiger partial charge in [-0.3, -0.25) is 0 Å². The van der Waals surface area contributed by atoms with E-state index in [4.69, 9.17) is 4.74 Å². The fourth-order valence-corrected chi connectivity index (χ4v) is 6.71. The molecule has 0 radical (unpaired) electrons. The zero-order chi connectivity index (χ0) is 26.2. The third-order valence-electron chi connectivity index (χ3n) is 8.36. The Morgan fingerprint density at radius 2 is 1.15 bits per heavy atom. The third kappa shape index (κ3) is 2.88. The highest BCUT2D eigenvalue weighted by Crippen LogP contribution is 2.50. The minimum Gasteiger partial charge on any atom is -0.456 e. The fourth-order valence-electron chi connectivity index (χ4n) is 6.71. The Morgan fingerprint density at radius 3 is 2.08 bits per heavy atom. The molecule has 0 bridgehead atoms. The van der Waals surface area contributed by atoms with Crippen molar-refractivity contribution in [2.24, 2.45) is 0 Å². The van der Waals surface area contributed by atoms with Crippen LogP contribution in [0.2, 0.25) is 0 Å². The summed E-state index contributed by atoms with van der Waals surface area (Å²) in [7, 11) is 0. The average molecular weight is 510 g/mol. The standard InChI is InChI=1S/C38H23NO/c1-2-12-25(13-3-1)39-33-19-8-6-16-31(33)37-32(23-24-11-4-5-14-26(24)38(37)39)27-21-22-35-36-29(27)17-10-18-30(36)28-15-7-9-20-34(28)40-35/h1-23H. The van der Waals surface area contributed by atoms with Gasteiger partial charge < -0.3 is 9.30 Å². The highest BCUT2D eigenvalue weighted by molar-refractivity contribution is 6.26. The van der Waals surface area contributed by atoms with Crippen molar-refractivity contribution in [1.29, 1.82) is 0 Å². The van der Waals surface area contributed by atoms with E-state index < -0.39 is 0 Å². The van der Waals surface area contributed by atoms with Gasteiger partial charge in [0.2, 0.25) is 0 Å². The Kier molecular flexibility index (Phi) is 4.36. The van der Waals surface area contributed by atoms with E-state index in [2.05, 4.69) is 138 Å². The summed E-state index contributed by atoms with van der Waals surface area (Å²) in [5.74, 6) is 1.83. The molecule has 2 heterocycles. The van der Waals surface area contributed by atoms with Crippen molar-refractivity contribution in [1.82, 2.24) is 4.57 Å². The molecule has 0 unspecified atom stereocenters. The number of aromatic nitrogens is 1. The molecule has 0 amide bonds. The van der Waals surface area contributed by atoms with E-state index in [9.17, 15) is 0 Å². The number of rotatable bonds is 2. The molecule has 0 aliphatic carbocycles. The zero-order valence-electron chi connectivity index (χ0n) is 21.6. The second kappa shape index (κ2) is 8.08. The van der Waals surface area contributed by atoms with E-state index in [1.807, 2.05) is 6.07 Å². The molecule has 0 atom stereocenters. The molecule has 7 aromatic carbocycles. The molecule has 40 heavy (non-hydrogen) atoms. The van der Waals surface area contributed by atoms with E-state index in [0.717, 1.165) is 22.7 Å². The molecular weight excluding hydrogens is 486 g/mol. The molecule has 0 saturated carbocycles. The van der Waals surface area contributed by atoms with Gasteiger partial charge in [0.25, 0.3) is 0 Å². The van der Waals surface area contributed by atoms with Crippen molar-refractivity contribution >= 4 is 43.4 Å². The summed E-state index contributed by atoms with van der Waals surface area (Å²) in [5, 5.41) is 7.39. The van der Waals surface area contributed by atoms with Crippen LogP contribution in [0.5, 0.6) is 11.5 Å². The summed E-state index contributed by atoms with van der Waals surface area (Å²) in [6.45, 7) is 0. The van der Waals surface area contributed by atoms with Crippen LogP contribution < -0.4 is 4.74 Å². The molecule has 1 aliphatic rings. The van der Waals surface area contributed by atoms with Crippen molar-refractivity contribution in [2.45, 2.75) is 0 Å². The molecule has 0 N–H and O–H groups in total. The van der Waals surface area contributed by atoms with Crippen molar-refractivity contribution in [3.63, 3.8) is 0 Å². The van der Waals surface area contributed by atoms with Gasteiger partial charge in [0.15, 0.2) is 0 Å². The minimum absolute atomic E-state index is 0.911. The lowest BCUT2D eigenvalue weighted by Crippen LogP contribution is -1.98. The molecule has 1 aromatic heterocycles. The Bertz CT molecular complexity index is 2290. The van der Waals surface area contributed by atoms with Crippen LogP contribution in [0.1, 0.15) is 0 Å². The summed E-state index contributed by atoms with van der Waals surface area (Å²) in [6.07, 6.45) is 0. The minimum atomic E-state index is 0.911. The summed E-state index contributed by atoms with van der Waals surface area (Å²) in [6, 6.07) is 50.0. The van der Waals surface area contributed by atoms with Crippen LogP contribution in [-0.2, 0) is 0 Å². The predicted octanol–water partition coefficient (Wildman–Crippen LogP) is 10.5. The van der Waals surface area contributed by atoms with Gasteiger partial charge in [0.05, 0.1) is 11.0 Å². The van der Waals surface area contributed by atoms with Crippen LogP contribution in [0, 0.1) is 0 Å². The lowest BCUT2D eigenvalue weighted by atomic mass is 9.88. The highest BCUT2D eigenvalue weighted by Gasteiger charge is 2.24. The largest absolute Gasteiger partial charge is 0.456 e. The van der Waals surface area contributed by atoms with E-state index in [1.54, 1.807) is 0 Å². The number of para-hydroxylation sites is 3. The molecule has 2 heteroatoms. The van der Waals surface area contributed by atoms with Crippen molar-refractivity contribution in [3.05, 3.63) is 140 Å². The quantitative estimate of drug-likeness (QED) is 0.226. The van der Waals surface area contributed by atoms with Gasteiger partial charge >= 0.3 is 0 Å². The Balaban J connectivity index is 1.47. The van der Waals surface area contributed by atoms with E-state index in [0.29, 0.717) is 0 Å². The monoisotopic (exact) mass is 509 g/mol. The topological polar surface area (TPSA) is 14.2 Å². The van der Waals surface area contributed by atoms with Gasteiger partial charge in [-0.05, 0) is 63.9 Å². The summed E-state index contributed by atoms with van der Waals surface area (Å²) < 4.78 is 8.86. The van der Waals surface area contributed by atoms with E-state index >= 15 is 0 Å². The summed E-state index contributed by atoms with van der Waals surface area (Å²) >= 11 is 0. The summed E-state index contributed by atoms with van der Waals surface area (Å²) in [4.78, 5) is 0. The van der Waals surface area contributed by atoms with Crippen LogP contribution in [0.25, 0.3) is 71.3 Å². The second-order valence-corrected chi connectivity index (χ2v) is 10.5. The van der Waals surface area contributed by atoms with Gasteiger partial charge in [0.1, 0.15) is 11.5 Å². The third-order valence-corrected chi connectivity index (χ3v) is 8.36. The smallest absolute Gasteiger partial charge is 0.135 e. The van der Waals surface area contributed by atoms with Crippen molar-refractivity contribution in [3.8, 4) is 39.4 Å². The molecule has 0 spiro atoms. The van der Waals surface area contributed by atoms with Gasteiger partial charge in [-0.25, -0.2) is 0 Å². The maximum absolute atomic E-state index is 6.43. The van der Waals surface area contributed by atoms with E-state index in [1.165, 1.54) is 60.0 Å². The number of benzene rings is 7. The fraction of sp³-hybridized carbons (Fsp3) is 0. The van der Waals surface area contributed by atoms with Crippen LogP contribution in [0.15, 0.2) is 140 Å². The number of hydrogen-bond donors (Lipinski definition) is 0. The normalized spacial score (nSPS) is 12.2. The molecule has 0 saturated heterocycles. The molecule has 2 nitrogen and oxygen atoms in total. The molecular formula is C38H23NO. The van der Waals surface area contributed by atoms with Crippen LogP contribution in [0.4, 0.5) is 0 Å². The molecule has 1 aliphatic heterocycles. The van der Waals surface area contributed by atoms with Gasteiger partial charge in [-0.1, -0.05) is 103 Å². The maximum atomic E-state index is 6.43. The lowest BCUT2D eigenvalue weighted by molar-refractivity contribution is 0.487. The maximum Gasteiger partial charge on any atom is 0.135 e. The molecule has 9 rings (SSSR count). The number of nitrogens with zero attached hydrogens (tertiary/aromatic N) is 1. The van der Waals surface area contributed by atoms with Crippen molar-refractivity contribution in [2.75, 3.05) is 0 Å². The predicted molar refractivity (Wildman–Crippen MR) is 167 cm³/mol. The lowest BCUT2D eigenvalue weighted by Gasteiger charge is -2.23. The van der Waals surface area contributed by atoms with Crippen LogP contribution >= 0.6 is 0 Å². The molecule has 186 valence electrons. The SMILES string of the molecule is c1ccc(-n2c3ccccc3c3c(-c4ccc5c6c(cccc46)-c4ccccc4O5)cc4ccccc4c32)cc1. The average Bonchev–Trinajstić information content (AvgIpc) is 3.37. The Hall–Kier alpha value is -5.34. The van der Waals surface area contributed by atoms with Gasteiger partial charge in [-0.15, -0.1) is 0 Å². The number of ether oxygens (including phenoxy) is 1. The zero-order valence-corrected chi connectivity index (χ0v) is 21.6. The Labute approximate surface area is 231 Å². The Morgan fingerprint density at radius 1 is 0.425 bits per heavy atom. The molecule has 0 fully saturated rings. The summed E-state index contributed by atoms with van der Waals surface area (Å²) in [5.41, 5.74) is 8.43. The van der Waals surface area contributed by atoms with Gasteiger partial charge in [0, 0.05) is 32.8 Å². The van der Waals surface area contributed by atoms with Gasteiger partial charge in [-0.2, -0.15) is 0 Å². The van der Waals surface area contributed by atoms with Crippen molar-refractivity contribution < 1.29 is 4.74 Å². The van der Waals surface area contributed by atoms with Crippen LogP contribution in [-0.4, -0.2) is 4.57 Å². The molecule has 8 aromatic rings. The first kappa shape index (κ1) is 21.6. The second-order valence-electron chi connectivity index (χ2n) is 10.5. The first-order chi connectivity index (χ1) is 19.9. The number of hydrogen-bond acceptors (Lipinski definition) is 1. The highest BCUT2D eigenvalue weighted by atomic mass is 16.5. The number of fused-ring (bicyclic) bond motifs is 7. The van der Waals surface area contributed by atoms with E-state index in [-0.39, 0.29) is 0 Å².